The lowest BCUT2D eigenvalue weighted by Gasteiger charge is -2.11. The van der Waals surface area contributed by atoms with Gasteiger partial charge in [0, 0.05) is 17.3 Å². The number of aromatic nitrogens is 1. The van der Waals surface area contributed by atoms with E-state index in [0.29, 0.717) is 5.52 Å². The summed E-state index contributed by atoms with van der Waals surface area (Å²) in [5.41, 5.74) is -0.503. The summed E-state index contributed by atoms with van der Waals surface area (Å²) in [5, 5.41) is 18.9. The number of carboxylic acids is 1. The third kappa shape index (κ3) is 3.20. The first-order valence-corrected chi connectivity index (χ1v) is 7.96. The number of hydrogen-bond donors (Lipinski definition) is 3. The Morgan fingerprint density at radius 1 is 1.15 bits per heavy atom. The molecule has 0 saturated heterocycles. The first-order valence-electron chi connectivity index (χ1n) is 7.20. The molecule has 0 fully saturated rings. The number of carboxylic acid groups (broad SMARTS) is 1. The summed E-state index contributed by atoms with van der Waals surface area (Å²) >= 11 is 11.7. The van der Waals surface area contributed by atoms with Gasteiger partial charge in [-0.2, -0.15) is 13.2 Å². The Morgan fingerprint density at radius 3 is 2.46 bits per heavy atom. The molecule has 1 aromatic heterocycles. The number of H-pyrrole nitrogens is 1. The lowest BCUT2D eigenvalue weighted by molar-refractivity contribution is -0.137. The van der Waals surface area contributed by atoms with E-state index in [0.717, 1.165) is 12.1 Å². The maximum absolute atomic E-state index is 13.0. The molecule has 2 aromatic carbocycles. The van der Waals surface area contributed by atoms with Crippen LogP contribution in [0.5, 0.6) is 5.75 Å². The fourth-order valence-corrected chi connectivity index (χ4v) is 3.27. The quantitative estimate of drug-likeness (QED) is 0.541. The van der Waals surface area contributed by atoms with Gasteiger partial charge in [0.25, 0.3) is 0 Å². The molecule has 4 nitrogen and oxygen atoms in total. The molecular weight excluding hydrogens is 394 g/mol. The van der Waals surface area contributed by atoms with Gasteiger partial charge in [0.2, 0.25) is 0 Å². The number of halogens is 5. The van der Waals surface area contributed by atoms with Gasteiger partial charge in [0.15, 0.2) is 0 Å². The number of alkyl halides is 3. The fourth-order valence-electron chi connectivity index (χ4n) is 2.76. The molecule has 0 saturated carbocycles. The van der Waals surface area contributed by atoms with Crippen LogP contribution >= 0.6 is 23.2 Å². The Kier molecular flexibility index (Phi) is 4.54. The zero-order valence-electron chi connectivity index (χ0n) is 12.8. The van der Waals surface area contributed by atoms with Gasteiger partial charge in [-0.25, -0.2) is 4.79 Å². The average Bonchev–Trinajstić information content (AvgIpc) is 2.91. The van der Waals surface area contributed by atoms with Gasteiger partial charge >= 0.3 is 12.1 Å². The Balaban J connectivity index is 2.19. The van der Waals surface area contributed by atoms with Crippen LogP contribution in [0.25, 0.3) is 10.9 Å². The van der Waals surface area contributed by atoms with Gasteiger partial charge in [0.1, 0.15) is 11.4 Å². The van der Waals surface area contributed by atoms with Crippen LogP contribution in [-0.4, -0.2) is 21.2 Å². The molecule has 0 amide bonds. The Bertz CT molecular complexity index is 1030. The summed E-state index contributed by atoms with van der Waals surface area (Å²) in [6, 6.07) is 6.08. The van der Waals surface area contributed by atoms with Crippen LogP contribution in [0.1, 0.15) is 27.2 Å². The number of fused-ring (bicyclic) bond motifs is 1. The smallest absolute Gasteiger partial charge is 0.417 e. The number of aromatic amines is 1. The standard InChI is InChI=1S/C17H10Cl2F3NO3/c18-10-2-1-7(6-9(10)17(20,21)22)5-8-13-11(23-15(8)16(25)26)3-4-12(24)14(13)19/h1-4,6,23-24H,5H2,(H,25,26). The normalized spacial score (nSPS) is 11.9. The summed E-state index contributed by atoms with van der Waals surface area (Å²) < 4.78 is 39.1. The molecule has 0 aliphatic heterocycles. The number of rotatable bonds is 3. The van der Waals surface area contributed by atoms with Gasteiger partial charge < -0.3 is 15.2 Å². The largest absolute Gasteiger partial charge is 0.506 e. The first kappa shape index (κ1) is 18.4. The Morgan fingerprint density at radius 2 is 1.85 bits per heavy atom. The SMILES string of the molecule is O=C(O)c1[nH]c2ccc(O)c(Cl)c2c1Cc1ccc(Cl)c(C(F)(F)F)c1. The van der Waals surface area contributed by atoms with Crippen LogP contribution in [0.3, 0.4) is 0 Å². The van der Waals surface area contributed by atoms with E-state index >= 15 is 0 Å². The maximum Gasteiger partial charge on any atom is 0.417 e. The second-order valence-electron chi connectivity index (χ2n) is 5.59. The molecular formula is C17H10Cl2F3NO3. The monoisotopic (exact) mass is 403 g/mol. The zero-order chi connectivity index (χ0) is 19.2. The van der Waals surface area contributed by atoms with Crippen LogP contribution in [-0.2, 0) is 12.6 Å². The lowest BCUT2D eigenvalue weighted by Crippen LogP contribution is -2.07. The minimum atomic E-state index is -4.64. The highest BCUT2D eigenvalue weighted by atomic mass is 35.5. The van der Waals surface area contributed by atoms with Crippen LogP contribution in [0.2, 0.25) is 10.0 Å². The lowest BCUT2D eigenvalue weighted by atomic mass is 9.99. The molecule has 0 atom stereocenters. The molecule has 9 heteroatoms. The van der Waals surface area contributed by atoms with Crippen molar-refractivity contribution in [2.45, 2.75) is 12.6 Å². The number of aromatic carboxylic acids is 1. The summed E-state index contributed by atoms with van der Waals surface area (Å²) in [6.45, 7) is 0. The predicted molar refractivity (Wildman–Crippen MR) is 91.2 cm³/mol. The van der Waals surface area contributed by atoms with E-state index in [1.165, 1.54) is 18.2 Å². The average molecular weight is 404 g/mol. The molecule has 0 spiro atoms. The predicted octanol–water partition coefficient (Wildman–Crippen LogP) is 5.49. The number of phenolic OH excluding ortho intramolecular Hbond substituents is 1. The van der Waals surface area contributed by atoms with E-state index in [4.69, 9.17) is 23.2 Å². The zero-order valence-corrected chi connectivity index (χ0v) is 14.3. The van der Waals surface area contributed by atoms with E-state index in [2.05, 4.69) is 4.98 Å². The Labute approximate surface area is 154 Å². The highest BCUT2D eigenvalue weighted by molar-refractivity contribution is 6.37. The van der Waals surface area contributed by atoms with Crippen molar-refractivity contribution in [3.63, 3.8) is 0 Å². The molecule has 3 N–H and O–H groups in total. The second-order valence-corrected chi connectivity index (χ2v) is 6.38. The van der Waals surface area contributed by atoms with Gasteiger partial charge in [-0.1, -0.05) is 29.3 Å². The van der Waals surface area contributed by atoms with Crippen molar-refractivity contribution in [3.8, 4) is 5.75 Å². The van der Waals surface area contributed by atoms with Gasteiger partial charge in [0.05, 0.1) is 15.6 Å². The maximum atomic E-state index is 13.0. The molecule has 136 valence electrons. The van der Waals surface area contributed by atoms with Crippen LogP contribution < -0.4 is 0 Å². The summed E-state index contributed by atoms with van der Waals surface area (Å²) in [6.07, 6.45) is -4.79. The van der Waals surface area contributed by atoms with Crippen molar-refractivity contribution in [3.05, 3.63) is 62.8 Å². The molecule has 1 heterocycles. The number of carbonyl (C=O) groups is 1. The van der Waals surface area contributed by atoms with Gasteiger partial charge in [-0.15, -0.1) is 0 Å². The van der Waals surface area contributed by atoms with Crippen LogP contribution in [0, 0.1) is 0 Å². The molecule has 3 aromatic rings. The van der Waals surface area contributed by atoms with Gasteiger partial charge in [-0.3, -0.25) is 0 Å². The molecule has 0 aliphatic rings. The third-order valence-corrected chi connectivity index (χ3v) is 4.63. The number of nitrogens with one attached hydrogen (secondary N) is 1. The molecule has 0 radical (unpaired) electrons. The molecule has 0 unspecified atom stereocenters. The van der Waals surface area contributed by atoms with Crippen molar-refractivity contribution in [1.82, 2.24) is 4.98 Å². The van der Waals surface area contributed by atoms with Crippen molar-refractivity contribution in [1.29, 1.82) is 0 Å². The summed E-state index contributed by atoms with van der Waals surface area (Å²) in [5.74, 6) is -1.56. The summed E-state index contributed by atoms with van der Waals surface area (Å²) in [7, 11) is 0. The van der Waals surface area contributed by atoms with E-state index in [1.54, 1.807) is 0 Å². The minimum Gasteiger partial charge on any atom is -0.506 e. The Hall–Kier alpha value is -2.38. The molecule has 0 bridgehead atoms. The fraction of sp³-hybridized carbons (Fsp3) is 0.118. The molecule has 26 heavy (non-hydrogen) atoms. The topological polar surface area (TPSA) is 73.3 Å². The van der Waals surface area contributed by atoms with E-state index in [-0.39, 0.29) is 39.4 Å². The van der Waals surface area contributed by atoms with Crippen molar-refractivity contribution >= 4 is 40.1 Å². The van der Waals surface area contributed by atoms with E-state index < -0.39 is 22.7 Å². The number of phenols is 1. The number of aromatic hydroxyl groups is 1. The summed E-state index contributed by atoms with van der Waals surface area (Å²) in [4.78, 5) is 14.2. The minimum absolute atomic E-state index is 0.0775. The number of hydrogen-bond acceptors (Lipinski definition) is 2. The number of benzene rings is 2. The van der Waals surface area contributed by atoms with E-state index in [1.807, 2.05) is 0 Å². The highest BCUT2D eigenvalue weighted by Gasteiger charge is 2.33. The molecule has 3 rings (SSSR count). The van der Waals surface area contributed by atoms with Crippen LogP contribution in [0.15, 0.2) is 30.3 Å². The highest BCUT2D eigenvalue weighted by Crippen LogP contribution is 2.38. The van der Waals surface area contributed by atoms with Crippen LogP contribution in [0.4, 0.5) is 13.2 Å². The second kappa shape index (κ2) is 6.41. The van der Waals surface area contributed by atoms with Crippen molar-refractivity contribution < 1.29 is 28.2 Å². The first-order chi connectivity index (χ1) is 12.1. The third-order valence-electron chi connectivity index (χ3n) is 3.92. The van der Waals surface area contributed by atoms with Crippen molar-refractivity contribution in [2.24, 2.45) is 0 Å². The van der Waals surface area contributed by atoms with E-state index in [9.17, 15) is 28.2 Å². The van der Waals surface area contributed by atoms with Crippen molar-refractivity contribution in [2.75, 3.05) is 0 Å². The van der Waals surface area contributed by atoms with Gasteiger partial charge in [-0.05, 0) is 35.4 Å². The molecule has 0 aliphatic carbocycles.